The lowest BCUT2D eigenvalue weighted by Gasteiger charge is -2.54. The number of rotatable bonds is 6. The molecule has 29 heavy (non-hydrogen) atoms. The summed E-state index contributed by atoms with van der Waals surface area (Å²) in [5, 5.41) is 0. The van der Waals surface area contributed by atoms with Crippen molar-refractivity contribution in [3.05, 3.63) is 66.0 Å². The summed E-state index contributed by atoms with van der Waals surface area (Å²) in [6.07, 6.45) is 8.29. The van der Waals surface area contributed by atoms with Gasteiger partial charge < -0.3 is 9.80 Å². The van der Waals surface area contributed by atoms with Crippen molar-refractivity contribution in [2.75, 3.05) is 26.2 Å². The average Bonchev–Trinajstić information content (AvgIpc) is 2.75. The minimum absolute atomic E-state index is 0.236. The third-order valence-corrected chi connectivity index (χ3v) is 6.40. The van der Waals surface area contributed by atoms with Crippen LogP contribution in [0.3, 0.4) is 0 Å². The lowest BCUT2D eigenvalue weighted by atomic mass is 9.71. The van der Waals surface area contributed by atoms with Gasteiger partial charge in [-0.25, -0.2) is 0 Å². The van der Waals surface area contributed by atoms with E-state index in [2.05, 4.69) is 17.1 Å². The maximum Gasteiger partial charge on any atom is 0.222 e. The van der Waals surface area contributed by atoms with Gasteiger partial charge in [-0.3, -0.25) is 14.6 Å². The molecule has 0 saturated carbocycles. The number of pyridine rings is 1. The zero-order valence-electron chi connectivity index (χ0n) is 16.9. The number of carbonyl (C=O) groups is 2. The Morgan fingerprint density at radius 3 is 2.10 bits per heavy atom. The third kappa shape index (κ3) is 4.84. The number of piperidine rings is 1. The summed E-state index contributed by atoms with van der Waals surface area (Å²) in [7, 11) is 0. The first-order valence-corrected chi connectivity index (χ1v) is 10.6. The van der Waals surface area contributed by atoms with E-state index < -0.39 is 0 Å². The number of nitrogens with zero attached hydrogens (tertiary/aromatic N) is 3. The van der Waals surface area contributed by atoms with Gasteiger partial charge in [0.2, 0.25) is 11.8 Å². The van der Waals surface area contributed by atoms with Crippen molar-refractivity contribution >= 4 is 11.8 Å². The maximum absolute atomic E-state index is 12.5. The molecule has 5 heteroatoms. The van der Waals surface area contributed by atoms with Gasteiger partial charge in [0, 0.05) is 56.8 Å². The topological polar surface area (TPSA) is 53.5 Å². The van der Waals surface area contributed by atoms with Crippen LogP contribution in [0, 0.1) is 5.41 Å². The molecule has 1 aromatic heterocycles. The number of hydrogen-bond donors (Lipinski definition) is 0. The molecule has 1 aromatic carbocycles. The van der Waals surface area contributed by atoms with Crippen molar-refractivity contribution in [3.8, 4) is 0 Å². The van der Waals surface area contributed by atoms with Crippen molar-refractivity contribution in [3.63, 3.8) is 0 Å². The van der Waals surface area contributed by atoms with Crippen LogP contribution in [0.5, 0.6) is 0 Å². The maximum atomic E-state index is 12.5. The van der Waals surface area contributed by atoms with Crippen LogP contribution in [-0.4, -0.2) is 52.8 Å². The van der Waals surface area contributed by atoms with E-state index >= 15 is 0 Å². The first-order chi connectivity index (χ1) is 14.1. The Kier molecular flexibility index (Phi) is 5.93. The average molecular weight is 392 g/mol. The lowest BCUT2D eigenvalue weighted by molar-refractivity contribution is -0.150. The zero-order valence-corrected chi connectivity index (χ0v) is 16.9. The molecule has 0 atom stereocenters. The summed E-state index contributed by atoms with van der Waals surface area (Å²) < 4.78 is 0. The highest BCUT2D eigenvalue weighted by molar-refractivity contribution is 5.78. The van der Waals surface area contributed by atoms with Gasteiger partial charge in [-0.1, -0.05) is 36.4 Å². The first-order valence-electron chi connectivity index (χ1n) is 10.6. The Labute approximate surface area is 172 Å². The third-order valence-electron chi connectivity index (χ3n) is 6.40. The quantitative estimate of drug-likeness (QED) is 0.760. The molecule has 2 aliphatic rings. The monoisotopic (exact) mass is 391 g/mol. The van der Waals surface area contributed by atoms with Gasteiger partial charge in [-0.05, 0) is 42.9 Å². The molecular formula is C24H29N3O2. The van der Waals surface area contributed by atoms with E-state index in [4.69, 9.17) is 0 Å². The Morgan fingerprint density at radius 2 is 1.45 bits per heavy atom. The fraction of sp³-hybridized carbons (Fsp3) is 0.458. The summed E-state index contributed by atoms with van der Waals surface area (Å²) in [4.78, 5) is 33.1. The molecular weight excluding hydrogens is 362 g/mol. The summed E-state index contributed by atoms with van der Waals surface area (Å²) in [6.45, 7) is 3.35. The van der Waals surface area contributed by atoms with Crippen LogP contribution in [0.4, 0.5) is 0 Å². The van der Waals surface area contributed by atoms with E-state index in [-0.39, 0.29) is 17.2 Å². The molecule has 2 amide bonds. The highest BCUT2D eigenvalue weighted by atomic mass is 16.2. The fourth-order valence-corrected chi connectivity index (χ4v) is 4.50. The molecule has 2 aromatic rings. The molecule has 1 spiro atoms. The Balaban J connectivity index is 1.17. The van der Waals surface area contributed by atoms with Crippen LogP contribution in [0.2, 0.25) is 0 Å². The van der Waals surface area contributed by atoms with E-state index in [1.165, 1.54) is 5.56 Å². The largest absolute Gasteiger partial charge is 0.343 e. The summed E-state index contributed by atoms with van der Waals surface area (Å²) >= 11 is 0. The highest BCUT2D eigenvalue weighted by Crippen LogP contribution is 2.40. The predicted molar refractivity (Wildman–Crippen MR) is 112 cm³/mol. The minimum atomic E-state index is 0.236. The van der Waals surface area contributed by atoms with Crippen LogP contribution in [0.15, 0.2) is 54.9 Å². The number of aryl methyl sites for hydroxylation is 2. The molecule has 0 bridgehead atoms. The number of hydrogen-bond acceptors (Lipinski definition) is 3. The SMILES string of the molecule is O=C(CCc1ccccc1)N1CCC2(CC1)CN(C(=O)CCc1cccnc1)C2. The van der Waals surface area contributed by atoms with Crippen molar-refractivity contribution in [2.45, 2.75) is 38.5 Å². The van der Waals surface area contributed by atoms with Gasteiger partial charge in [-0.2, -0.15) is 0 Å². The highest BCUT2D eigenvalue weighted by Gasteiger charge is 2.46. The Morgan fingerprint density at radius 1 is 0.828 bits per heavy atom. The molecule has 2 aliphatic heterocycles. The smallest absolute Gasteiger partial charge is 0.222 e. The molecule has 2 saturated heterocycles. The van der Waals surface area contributed by atoms with Crippen LogP contribution in [0.25, 0.3) is 0 Å². The number of benzene rings is 1. The molecule has 2 fully saturated rings. The summed E-state index contributed by atoms with van der Waals surface area (Å²) in [6, 6.07) is 14.1. The number of aromatic nitrogens is 1. The molecule has 4 rings (SSSR count). The minimum Gasteiger partial charge on any atom is -0.343 e. The van der Waals surface area contributed by atoms with Crippen LogP contribution >= 0.6 is 0 Å². The van der Waals surface area contributed by atoms with Gasteiger partial charge in [0.1, 0.15) is 0 Å². The predicted octanol–water partition coefficient (Wildman–Crippen LogP) is 3.10. The molecule has 3 heterocycles. The first kappa shape index (κ1) is 19.6. The standard InChI is InChI=1S/C24H29N3O2/c28-22(10-8-20-5-2-1-3-6-20)26-15-12-24(13-16-26)18-27(19-24)23(29)11-9-21-7-4-14-25-17-21/h1-7,14,17H,8-13,15-16,18-19H2. The van der Waals surface area contributed by atoms with Crippen molar-refractivity contribution < 1.29 is 9.59 Å². The van der Waals surface area contributed by atoms with E-state index in [0.717, 1.165) is 57.4 Å². The van der Waals surface area contributed by atoms with Crippen molar-refractivity contribution in [1.82, 2.24) is 14.8 Å². The number of likely N-dealkylation sites (tertiary alicyclic amines) is 2. The number of carbonyl (C=O) groups excluding carboxylic acids is 2. The van der Waals surface area contributed by atoms with Gasteiger partial charge in [0.15, 0.2) is 0 Å². The molecule has 152 valence electrons. The normalized spacial score (nSPS) is 17.8. The lowest BCUT2D eigenvalue weighted by Crippen LogP contribution is -2.62. The molecule has 5 nitrogen and oxygen atoms in total. The van der Waals surface area contributed by atoms with Crippen molar-refractivity contribution in [2.24, 2.45) is 5.41 Å². The summed E-state index contributed by atoms with van der Waals surface area (Å²) in [5.74, 6) is 0.494. The second kappa shape index (κ2) is 8.76. The van der Waals surface area contributed by atoms with E-state index in [1.807, 2.05) is 46.3 Å². The van der Waals surface area contributed by atoms with Gasteiger partial charge >= 0.3 is 0 Å². The van der Waals surface area contributed by atoms with E-state index in [0.29, 0.717) is 12.8 Å². The second-order valence-electron chi connectivity index (χ2n) is 8.48. The molecule has 0 N–H and O–H groups in total. The second-order valence-corrected chi connectivity index (χ2v) is 8.48. The van der Waals surface area contributed by atoms with Crippen LogP contribution in [-0.2, 0) is 22.4 Å². The summed E-state index contributed by atoms with van der Waals surface area (Å²) in [5.41, 5.74) is 2.56. The molecule has 0 aliphatic carbocycles. The van der Waals surface area contributed by atoms with Gasteiger partial charge in [0.05, 0.1) is 0 Å². The molecule has 0 radical (unpaired) electrons. The van der Waals surface area contributed by atoms with E-state index in [1.54, 1.807) is 6.20 Å². The zero-order chi connectivity index (χ0) is 20.1. The molecule has 0 unspecified atom stereocenters. The van der Waals surface area contributed by atoms with Gasteiger partial charge in [0.25, 0.3) is 0 Å². The van der Waals surface area contributed by atoms with Crippen LogP contribution in [0.1, 0.15) is 36.8 Å². The Bertz CT molecular complexity index is 822. The van der Waals surface area contributed by atoms with Crippen molar-refractivity contribution in [1.29, 1.82) is 0 Å². The number of amides is 2. The van der Waals surface area contributed by atoms with E-state index in [9.17, 15) is 9.59 Å². The fourth-order valence-electron chi connectivity index (χ4n) is 4.50. The van der Waals surface area contributed by atoms with Crippen LogP contribution < -0.4 is 0 Å². The Hall–Kier alpha value is -2.69. The van der Waals surface area contributed by atoms with Gasteiger partial charge in [-0.15, -0.1) is 0 Å².